The molecular formula is C30H25F4N5OS. The minimum absolute atomic E-state index is 0.00449. The molecule has 3 aromatic rings. The van der Waals surface area contributed by atoms with Gasteiger partial charge in [0.15, 0.2) is 5.78 Å². The molecule has 0 radical (unpaired) electrons. The molecule has 0 aliphatic heterocycles. The van der Waals surface area contributed by atoms with Crippen LogP contribution in [0.5, 0.6) is 0 Å². The maximum absolute atomic E-state index is 14.4. The lowest BCUT2D eigenvalue weighted by Gasteiger charge is -2.39. The molecule has 1 unspecified atom stereocenters. The van der Waals surface area contributed by atoms with Crippen molar-refractivity contribution in [1.29, 1.82) is 5.26 Å². The zero-order chi connectivity index (χ0) is 29.6. The second-order valence-electron chi connectivity index (χ2n) is 9.50. The molecule has 1 heterocycles. The summed E-state index contributed by atoms with van der Waals surface area (Å²) in [7, 11) is 0. The molecule has 41 heavy (non-hydrogen) atoms. The zero-order valence-electron chi connectivity index (χ0n) is 21.6. The average Bonchev–Trinajstić information content (AvgIpc) is 2.97. The number of nitrogens with zero attached hydrogens (tertiary/aromatic N) is 3. The van der Waals surface area contributed by atoms with Gasteiger partial charge in [0.1, 0.15) is 11.5 Å². The van der Waals surface area contributed by atoms with Crippen molar-refractivity contribution in [3.05, 3.63) is 118 Å². The van der Waals surface area contributed by atoms with Crippen LogP contribution in [-0.4, -0.2) is 23.0 Å². The first kappa shape index (κ1) is 29.7. The highest BCUT2D eigenvalue weighted by molar-refractivity contribution is 7.78. The van der Waals surface area contributed by atoms with Crippen molar-refractivity contribution in [2.75, 3.05) is 6.54 Å². The summed E-state index contributed by atoms with van der Waals surface area (Å²) in [6.07, 6.45) is -0.385. The Morgan fingerprint density at radius 2 is 1.95 bits per heavy atom. The van der Waals surface area contributed by atoms with Gasteiger partial charge in [-0.15, -0.1) is 0 Å². The lowest BCUT2D eigenvalue weighted by Crippen LogP contribution is -2.41. The van der Waals surface area contributed by atoms with Crippen LogP contribution < -0.4 is 10.5 Å². The van der Waals surface area contributed by atoms with Crippen LogP contribution in [0.4, 0.5) is 23.2 Å². The van der Waals surface area contributed by atoms with Gasteiger partial charge in [0, 0.05) is 12.7 Å². The van der Waals surface area contributed by atoms with Crippen LogP contribution in [0.15, 0.2) is 95.3 Å². The fourth-order valence-corrected chi connectivity index (χ4v) is 5.00. The van der Waals surface area contributed by atoms with E-state index in [1.54, 1.807) is 30.3 Å². The molecule has 1 aliphatic rings. The Kier molecular flexibility index (Phi) is 9.05. The van der Waals surface area contributed by atoms with E-state index in [1.807, 2.05) is 0 Å². The lowest BCUT2D eigenvalue weighted by molar-refractivity contribution is -0.137. The van der Waals surface area contributed by atoms with Crippen LogP contribution in [0, 0.1) is 22.6 Å². The molecule has 0 fully saturated rings. The molecule has 1 atom stereocenters. The number of rotatable bonds is 8. The number of carbonyl (C=O) groups is 1. The standard InChI is InChI=1S/C30H25F4N5OS/c31-24-4-6-25(7-5-24)39-26-13-22(9-11-38-41)29(16-21(26)18-36,15-19-2-1-3-20(12-19)17-35)28(40)27-14-23(8-10-37-27)30(32,33)34/h1-8,10,12-14,18,38,41H,9,11,15-16,36H2. The van der Waals surface area contributed by atoms with Gasteiger partial charge in [0.25, 0.3) is 0 Å². The van der Waals surface area contributed by atoms with E-state index >= 15 is 0 Å². The minimum Gasteiger partial charge on any atom is -0.404 e. The summed E-state index contributed by atoms with van der Waals surface area (Å²) in [5.41, 5.74) is 6.17. The Bertz CT molecular complexity index is 1570. The Hall–Kier alpha value is -4.27. The summed E-state index contributed by atoms with van der Waals surface area (Å²) < 4.78 is 57.0. The third-order valence-electron chi connectivity index (χ3n) is 6.85. The van der Waals surface area contributed by atoms with Crippen molar-refractivity contribution < 1.29 is 22.4 Å². The van der Waals surface area contributed by atoms with E-state index in [4.69, 9.17) is 5.73 Å². The van der Waals surface area contributed by atoms with Crippen molar-refractivity contribution in [1.82, 2.24) is 9.71 Å². The quantitative estimate of drug-likeness (QED) is 0.165. The smallest absolute Gasteiger partial charge is 0.404 e. The van der Waals surface area contributed by atoms with Crippen molar-refractivity contribution in [3.8, 4) is 6.07 Å². The number of pyridine rings is 1. The normalized spacial score (nSPS) is 19.2. The number of nitriles is 1. The molecule has 210 valence electrons. The highest BCUT2D eigenvalue weighted by Crippen LogP contribution is 2.46. The summed E-state index contributed by atoms with van der Waals surface area (Å²) >= 11 is 4.08. The van der Waals surface area contributed by atoms with Crippen molar-refractivity contribution in [2.45, 2.75) is 25.4 Å². The molecule has 0 amide bonds. The van der Waals surface area contributed by atoms with Gasteiger partial charge < -0.3 is 5.73 Å². The summed E-state index contributed by atoms with van der Waals surface area (Å²) in [6.45, 7) is 0.323. The maximum Gasteiger partial charge on any atom is 0.416 e. The van der Waals surface area contributed by atoms with E-state index in [-0.39, 0.29) is 25.0 Å². The molecular weight excluding hydrogens is 554 g/mol. The number of aliphatic imine (C=N–C) groups is 1. The van der Waals surface area contributed by atoms with Crippen LogP contribution in [0.2, 0.25) is 0 Å². The van der Waals surface area contributed by atoms with E-state index in [1.165, 1.54) is 30.5 Å². The molecule has 0 bridgehead atoms. The topological polar surface area (TPSA) is 104 Å². The van der Waals surface area contributed by atoms with Gasteiger partial charge in [-0.25, -0.2) is 9.38 Å². The summed E-state index contributed by atoms with van der Waals surface area (Å²) in [4.78, 5) is 23.0. The largest absolute Gasteiger partial charge is 0.416 e. The molecule has 2 aromatic carbocycles. The second-order valence-corrected chi connectivity index (χ2v) is 9.81. The molecule has 4 rings (SSSR count). The van der Waals surface area contributed by atoms with Crippen molar-refractivity contribution >= 4 is 30.0 Å². The predicted octanol–water partition coefficient (Wildman–Crippen LogP) is 6.29. The average molecular weight is 580 g/mol. The molecule has 3 N–H and O–H groups in total. The number of allylic oxidation sites excluding steroid dienone is 2. The third-order valence-corrected chi connectivity index (χ3v) is 7.07. The molecule has 0 spiro atoms. The molecule has 6 nitrogen and oxygen atoms in total. The van der Waals surface area contributed by atoms with Crippen molar-refractivity contribution in [3.63, 3.8) is 0 Å². The number of alkyl halides is 3. The molecule has 11 heteroatoms. The molecule has 1 aromatic heterocycles. The number of thiol groups is 1. The number of hydrogen-bond donors (Lipinski definition) is 3. The number of hydrogen-bond acceptors (Lipinski definition) is 7. The maximum atomic E-state index is 14.4. The monoisotopic (exact) mass is 579 g/mol. The number of nitrogens with two attached hydrogens (primary N) is 1. The number of nitrogens with one attached hydrogen (secondary N) is 1. The summed E-state index contributed by atoms with van der Waals surface area (Å²) in [6, 6.07) is 15.8. The molecule has 1 aliphatic carbocycles. The fraction of sp³-hybridized carbons (Fsp3) is 0.200. The number of Topliss-reactive ketones (excluding diaryl/α,β-unsaturated/α-hetero) is 1. The Labute approximate surface area is 239 Å². The lowest BCUT2D eigenvalue weighted by atomic mass is 9.63. The first-order chi connectivity index (χ1) is 19.6. The third kappa shape index (κ3) is 6.73. The Balaban J connectivity index is 1.94. The fourth-order valence-electron chi connectivity index (χ4n) is 4.89. The van der Waals surface area contributed by atoms with E-state index in [0.29, 0.717) is 40.2 Å². The van der Waals surface area contributed by atoms with E-state index in [0.717, 1.165) is 18.3 Å². The highest BCUT2D eigenvalue weighted by Gasteiger charge is 2.46. The van der Waals surface area contributed by atoms with Gasteiger partial charge in [-0.2, -0.15) is 18.4 Å². The number of halogens is 4. The highest BCUT2D eigenvalue weighted by atomic mass is 32.1. The van der Waals surface area contributed by atoms with Gasteiger partial charge in [0.2, 0.25) is 0 Å². The van der Waals surface area contributed by atoms with Gasteiger partial charge >= 0.3 is 6.18 Å². The predicted molar refractivity (Wildman–Crippen MR) is 151 cm³/mol. The first-order valence-corrected chi connectivity index (χ1v) is 12.9. The Morgan fingerprint density at radius 3 is 2.61 bits per heavy atom. The van der Waals surface area contributed by atoms with Crippen molar-refractivity contribution in [2.24, 2.45) is 16.1 Å². The number of aromatic nitrogens is 1. The van der Waals surface area contributed by atoms with Crippen LogP contribution in [0.3, 0.4) is 0 Å². The van der Waals surface area contributed by atoms with Gasteiger partial charge in [-0.1, -0.05) is 30.5 Å². The first-order valence-electron chi connectivity index (χ1n) is 12.5. The van der Waals surface area contributed by atoms with Gasteiger partial charge in [-0.3, -0.25) is 14.5 Å². The number of benzene rings is 2. The minimum atomic E-state index is -4.68. The second kappa shape index (κ2) is 12.5. The van der Waals surface area contributed by atoms with Crippen LogP contribution in [0.1, 0.15) is 40.0 Å². The van der Waals surface area contributed by atoms with Gasteiger partial charge in [-0.05, 0) is 91.2 Å². The summed E-state index contributed by atoms with van der Waals surface area (Å²) in [5.74, 6) is -1.06. The van der Waals surface area contributed by atoms with Crippen LogP contribution in [0.25, 0.3) is 0 Å². The van der Waals surface area contributed by atoms with Gasteiger partial charge in [0.05, 0.1) is 34.0 Å². The molecule has 0 saturated heterocycles. The van der Waals surface area contributed by atoms with E-state index in [9.17, 15) is 27.6 Å². The van der Waals surface area contributed by atoms with Crippen LogP contribution >= 0.6 is 12.8 Å². The SMILES string of the molecule is N#Cc1cccc(CC2(C(=O)c3cc(C(F)(F)F)ccn3)CC(=CN)C(=Nc3ccc(F)cc3)C=C2CCNS)c1. The molecule has 0 saturated carbocycles. The van der Waals surface area contributed by atoms with E-state index < -0.39 is 28.8 Å². The summed E-state index contributed by atoms with van der Waals surface area (Å²) in [5, 5.41) is 9.44. The Morgan fingerprint density at radius 1 is 1.20 bits per heavy atom. The number of ketones is 1. The van der Waals surface area contributed by atoms with Crippen LogP contribution in [-0.2, 0) is 12.6 Å². The van der Waals surface area contributed by atoms with E-state index in [2.05, 4.69) is 33.6 Å². The number of carbonyl (C=O) groups excluding carboxylic acids is 1. The zero-order valence-corrected chi connectivity index (χ0v) is 22.5.